The first-order valence-corrected chi connectivity index (χ1v) is 17.2. The molecule has 10 heteroatoms. The molecule has 1 aliphatic heterocycles. The van der Waals surface area contributed by atoms with Crippen molar-refractivity contribution in [3.8, 4) is 23.0 Å². The van der Waals surface area contributed by atoms with E-state index in [1.165, 1.54) is 7.11 Å². The van der Waals surface area contributed by atoms with Crippen molar-refractivity contribution < 1.29 is 40.1 Å². The van der Waals surface area contributed by atoms with Gasteiger partial charge in [0.1, 0.15) is 5.75 Å². The van der Waals surface area contributed by atoms with Gasteiger partial charge in [0, 0.05) is 53.8 Å². The van der Waals surface area contributed by atoms with Gasteiger partial charge in [-0.25, -0.2) is 0 Å². The molecule has 260 valence electrons. The predicted molar refractivity (Wildman–Crippen MR) is 181 cm³/mol. The molecular formula is C38H50N2O8. The molecule has 7 unspecified atom stereocenters. The molecule has 1 aromatic heterocycles. The zero-order chi connectivity index (χ0) is 33.9. The molecule has 3 aromatic rings. The minimum absolute atomic E-state index is 0.0348. The molecule has 10 nitrogen and oxygen atoms in total. The molecule has 2 heterocycles. The van der Waals surface area contributed by atoms with Gasteiger partial charge in [-0.2, -0.15) is 0 Å². The lowest BCUT2D eigenvalue weighted by Crippen LogP contribution is -2.44. The van der Waals surface area contributed by atoms with Gasteiger partial charge in [0.05, 0.1) is 38.6 Å². The van der Waals surface area contributed by atoms with Crippen LogP contribution in [0.25, 0.3) is 0 Å². The zero-order valence-corrected chi connectivity index (χ0v) is 27.9. The minimum Gasteiger partial charge on any atom is -0.508 e. The van der Waals surface area contributed by atoms with Crippen LogP contribution in [-0.2, 0) is 17.8 Å². The van der Waals surface area contributed by atoms with E-state index in [0.29, 0.717) is 29.9 Å². The Kier molecular flexibility index (Phi) is 10.7. The van der Waals surface area contributed by atoms with E-state index < -0.39 is 30.3 Å². The molecule has 2 fully saturated rings. The number of allylic oxidation sites excluding steroid dienone is 1. The maximum Gasteiger partial charge on any atom is 0.201 e. The second kappa shape index (κ2) is 14.9. The van der Waals surface area contributed by atoms with E-state index in [1.54, 1.807) is 12.3 Å². The highest BCUT2D eigenvalue weighted by Gasteiger charge is 2.44. The molecule has 7 atom stereocenters. The second-order valence-corrected chi connectivity index (χ2v) is 13.8. The Balaban J connectivity index is 1.29. The van der Waals surface area contributed by atoms with Crippen molar-refractivity contribution in [1.29, 1.82) is 0 Å². The summed E-state index contributed by atoms with van der Waals surface area (Å²) in [4.78, 5) is 3.04. The number of aliphatic hydroxyl groups is 3. The Morgan fingerprint density at radius 2 is 1.83 bits per heavy atom. The zero-order valence-electron chi connectivity index (χ0n) is 27.9. The number of methoxy groups -OCH3 is 1. The van der Waals surface area contributed by atoms with Gasteiger partial charge < -0.3 is 50.4 Å². The van der Waals surface area contributed by atoms with Crippen LogP contribution in [0.2, 0.25) is 0 Å². The number of hydrogen-bond acceptors (Lipinski definition) is 9. The van der Waals surface area contributed by atoms with E-state index in [9.17, 15) is 30.6 Å². The fraction of sp³-hybridized carbons (Fsp3) is 0.526. The molecular weight excluding hydrogens is 612 g/mol. The van der Waals surface area contributed by atoms with E-state index >= 15 is 0 Å². The predicted octanol–water partition coefficient (Wildman–Crippen LogP) is 5.02. The van der Waals surface area contributed by atoms with E-state index in [0.717, 1.165) is 60.9 Å². The number of rotatable bonds is 11. The smallest absolute Gasteiger partial charge is 0.201 e. The number of phenols is 3. The second-order valence-electron chi connectivity index (χ2n) is 13.8. The molecule has 0 radical (unpaired) electrons. The van der Waals surface area contributed by atoms with Crippen molar-refractivity contribution in [3.05, 3.63) is 81.7 Å². The molecule has 48 heavy (non-hydrogen) atoms. The summed E-state index contributed by atoms with van der Waals surface area (Å²) < 4.78 is 12.4. The number of aromatic hydroxyl groups is 3. The van der Waals surface area contributed by atoms with Gasteiger partial charge in [0.25, 0.3) is 0 Å². The Hall–Kier alpha value is -3.54. The number of nitrogens with one attached hydrogen (secondary N) is 2. The average molecular weight is 663 g/mol. The third-order valence-electron chi connectivity index (χ3n) is 11.1. The van der Waals surface area contributed by atoms with Crippen LogP contribution in [0.5, 0.6) is 23.0 Å². The molecule has 2 aromatic carbocycles. The summed E-state index contributed by atoms with van der Waals surface area (Å²) in [5, 5.41) is 68.2. The third-order valence-corrected chi connectivity index (χ3v) is 11.1. The molecule has 0 bridgehead atoms. The Bertz CT molecular complexity index is 1590. The van der Waals surface area contributed by atoms with Gasteiger partial charge in [-0.3, -0.25) is 0 Å². The van der Waals surface area contributed by atoms with Crippen LogP contribution in [0.1, 0.15) is 96.3 Å². The Labute approximate surface area is 282 Å². The monoisotopic (exact) mass is 662 g/mol. The molecule has 3 aliphatic rings. The molecule has 1 saturated carbocycles. The maximum absolute atomic E-state index is 11.5. The third kappa shape index (κ3) is 6.69. The number of phenolic OH excluding ortho intramolecular Hbond substituents is 2. The maximum atomic E-state index is 11.5. The highest BCUT2D eigenvalue weighted by molar-refractivity contribution is 5.64. The van der Waals surface area contributed by atoms with E-state index in [4.69, 9.17) is 9.47 Å². The number of fused-ring (bicyclic) bond motifs is 1. The number of benzene rings is 2. The summed E-state index contributed by atoms with van der Waals surface area (Å²) in [5.74, 6) is -0.0526. The van der Waals surface area contributed by atoms with Crippen LogP contribution in [0.15, 0.2) is 48.3 Å². The normalized spacial score (nSPS) is 27.4. The van der Waals surface area contributed by atoms with Crippen LogP contribution in [0.3, 0.4) is 0 Å². The Morgan fingerprint density at radius 1 is 1.00 bits per heavy atom. The van der Waals surface area contributed by atoms with Crippen LogP contribution in [0.4, 0.5) is 0 Å². The van der Waals surface area contributed by atoms with Gasteiger partial charge in [0.15, 0.2) is 11.5 Å². The first-order valence-electron chi connectivity index (χ1n) is 17.2. The van der Waals surface area contributed by atoms with Gasteiger partial charge in [-0.1, -0.05) is 18.2 Å². The number of hydrogen-bond donors (Lipinski definition) is 8. The van der Waals surface area contributed by atoms with Crippen molar-refractivity contribution in [2.75, 3.05) is 27.3 Å². The lowest BCUT2D eigenvalue weighted by Gasteiger charge is -2.46. The molecule has 8 N–H and O–H groups in total. The number of aromatic amines is 1. The number of ether oxygens (including phenoxy) is 2. The quantitative estimate of drug-likeness (QED) is 0.104. The standard InChI is InChI=1S/C38H50N2O8/c1-39-11-9-21-3-4-25(19-41)27(13-21)28-15-23(6-8-31(28)43)24-5-7-26-32(44)17-34(48-33(26)16-24)35-29(14-22-10-12-40-18-22)38(47-2)37(46)36(45)30(35)20-42/h4,6,8,10,12,15,18,21,24,26-27,32-34,39-46H,3,5,7,9,11,13-14,16-17,19-20H2,1-2H3. The van der Waals surface area contributed by atoms with Gasteiger partial charge in [0.2, 0.25) is 5.75 Å². The SMILES string of the molecule is CNCCC1CC=C(CO)C(c2cc(C3CCC4C(O)CC(c5c(CO)c(O)c(O)c(OC)c5Cc5cc[nH]c5)OC4C3)ccc2O)C1. The minimum atomic E-state index is -0.660. The summed E-state index contributed by atoms with van der Waals surface area (Å²) >= 11 is 0. The number of H-pyrrole nitrogens is 1. The van der Waals surface area contributed by atoms with Crippen molar-refractivity contribution in [1.82, 2.24) is 10.3 Å². The number of aliphatic hydroxyl groups excluding tert-OH is 3. The summed E-state index contributed by atoms with van der Waals surface area (Å²) in [5.41, 5.74) is 5.12. The van der Waals surface area contributed by atoms with Crippen molar-refractivity contribution in [2.45, 2.75) is 88.1 Å². The molecule has 6 rings (SSSR count). The highest BCUT2D eigenvalue weighted by Crippen LogP contribution is 2.52. The van der Waals surface area contributed by atoms with Crippen LogP contribution in [-0.4, -0.2) is 75.1 Å². The average Bonchev–Trinajstić information content (AvgIpc) is 3.62. The van der Waals surface area contributed by atoms with Crippen molar-refractivity contribution in [3.63, 3.8) is 0 Å². The summed E-state index contributed by atoms with van der Waals surface area (Å²) in [6.07, 6.45) is 9.93. The van der Waals surface area contributed by atoms with Crippen LogP contribution in [0, 0.1) is 11.8 Å². The molecule has 2 aliphatic carbocycles. The largest absolute Gasteiger partial charge is 0.508 e. The fourth-order valence-electron chi connectivity index (χ4n) is 8.57. The Morgan fingerprint density at radius 3 is 2.54 bits per heavy atom. The van der Waals surface area contributed by atoms with Crippen LogP contribution < -0.4 is 10.1 Å². The van der Waals surface area contributed by atoms with Crippen LogP contribution >= 0.6 is 0 Å². The van der Waals surface area contributed by atoms with Gasteiger partial charge in [-0.05, 0) is 98.3 Å². The van der Waals surface area contributed by atoms with Crippen molar-refractivity contribution >= 4 is 0 Å². The summed E-state index contributed by atoms with van der Waals surface area (Å²) in [6.45, 7) is 0.364. The highest BCUT2D eigenvalue weighted by atomic mass is 16.5. The van der Waals surface area contributed by atoms with E-state index in [1.807, 2.05) is 25.4 Å². The molecule has 0 spiro atoms. The summed E-state index contributed by atoms with van der Waals surface area (Å²) in [7, 11) is 3.38. The summed E-state index contributed by atoms with van der Waals surface area (Å²) in [6, 6.07) is 7.76. The van der Waals surface area contributed by atoms with Gasteiger partial charge in [-0.15, -0.1) is 0 Å². The molecule has 1 saturated heterocycles. The van der Waals surface area contributed by atoms with Gasteiger partial charge >= 0.3 is 0 Å². The van der Waals surface area contributed by atoms with E-state index in [2.05, 4.69) is 22.4 Å². The lowest BCUT2D eigenvalue weighted by molar-refractivity contribution is -0.154. The first-order chi connectivity index (χ1) is 23.3. The van der Waals surface area contributed by atoms with E-state index in [-0.39, 0.29) is 53.9 Å². The number of aromatic nitrogens is 1. The fourth-order valence-corrected chi connectivity index (χ4v) is 8.57. The first kappa shape index (κ1) is 34.3. The topological polar surface area (TPSA) is 168 Å². The molecule has 0 amide bonds. The lowest BCUT2D eigenvalue weighted by atomic mass is 9.70. The van der Waals surface area contributed by atoms with Crippen molar-refractivity contribution in [2.24, 2.45) is 11.8 Å².